The van der Waals surface area contributed by atoms with Gasteiger partial charge in [0.2, 0.25) is 5.91 Å². The van der Waals surface area contributed by atoms with Gasteiger partial charge in [-0.15, -0.1) is 0 Å². The second kappa shape index (κ2) is 6.40. The Labute approximate surface area is 143 Å². The Bertz CT molecular complexity index is 733. The van der Waals surface area contributed by atoms with Crippen molar-refractivity contribution < 1.29 is 4.79 Å². The van der Waals surface area contributed by atoms with Crippen LogP contribution in [0.1, 0.15) is 36.7 Å². The molecule has 1 aliphatic rings. The molecule has 1 heterocycles. The van der Waals surface area contributed by atoms with Crippen LogP contribution < -0.4 is 11.1 Å². The van der Waals surface area contributed by atoms with Crippen LogP contribution in [-0.4, -0.2) is 27.8 Å². The number of hydrogen-bond acceptors (Lipinski definition) is 3. The molecule has 0 saturated heterocycles. The maximum absolute atomic E-state index is 12.6. The summed E-state index contributed by atoms with van der Waals surface area (Å²) >= 11 is 0. The van der Waals surface area contributed by atoms with Crippen LogP contribution in [-0.2, 0) is 11.2 Å². The predicted molar refractivity (Wildman–Crippen MR) is 95.1 cm³/mol. The first-order valence-electron chi connectivity index (χ1n) is 8.56. The maximum atomic E-state index is 12.6. The van der Waals surface area contributed by atoms with E-state index in [0.29, 0.717) is 18.9 Å². The highest BCUT2D eigenvalue weighted by atomic mass is 16.1. The Balaban J connectivity index is 1.78. The summed E-state index contributed by atoms with van der Waals surface area (Å²) in [6, 6.07) is 9.99. The molecule has 3 rings (SSSR count). The van der Waals surface area contributed by atoms with E-state index in [1.807, 2.05) is 48.9 Å². The van der Waals surface area contributed by atoms with Gasteiger partial charge < -0.3 is 11.1 Å². The summed E-state index contributed by atoms with van der Waals surface area (Å²) in [5.74, 6) is 0.536. The SMILES string of the molecule is Cc1nn(-c2ccccc2)c(C)c1CC(=O)NC(C)(CN)C1CC1. The summed E-state index contributed by atoms with van der Waals surface area (Å²) in [5.41, 5.74) is 9.52. The molecule has 1 saturated carbocycles. The van der Waals surface area contributed by atoms with Crippen LogP contribution >= 0.6 is 0 Å². The summed E-state index contributed by atoms with van der Waals surface area (Å²) in [4.78, 5) is 12.6. The normalized spacial score (nSPS) is 16.7. The van der Waals surface area contributed by atoms with Gasteiger partial charge in [0, 0.05) is 17.8 Å². The van der Waals surface area contributed by atoms with E-state index in [1.54, 1.807) is 0 Å². The Hall–Kier alpha value is -2.14. The number of nitrogens with one attached hydrogen (secondary N) is 1. The van der Waals surface area contributed by atoms with Crippen LogP contribution in [0, 0.1) is 19.8 Å². The zero-order valence-electron chi connectivity index (χ0n) is 14.7. The molecule has 1 fully saturated rings. The predicted octanol–water partition coefficient (Wildman–Crippen LogP) is 2.28. The van der Waals surface area contributed by atoms with E-state index in [0.717, 1.165) is 35.5 Å². The number of nitrogens with zero attached hydrogens (tertiary/aromatic N) is 2. The number of carbonyl (C=O) groups excluding carboxylic acids is 1. The standard InChI is InChI=1S/C19H26N4O/c1-13-17(11-18(24)21-19(3,12-20)15-9-10-15)14(2)23(22-13)16-7-5-4-6-8-16/h4-8,15H,9-12,20H2,1-3H3,(H,21,24). The van der Waals surface area contributed by atoms with Crippen LogP contribution in [0.25, 0.3) is 5.69 Å². The van der Waals surface area contributed by atoms with E-state index >= 15 is 0 Å². The number of carbonyl (C=O) groups is 1. The fraction of sp³-hybridized carbons (Fsp3) is 0.474. The number of rotatable bonds is 6. The number of aromatic nitrogens is 2. The number of benzene rings is 1. The van der Waals surface area contributed by atoms with Crippen molar-refractivity contribution in [3.63, 3.8) is 0 Å². The van der Waals surface area contributed by atoms with Gasteiger partial charge in [0.1, 0.15) is 0 Å². The Morgan fingerprint density at radius 1 is 1.33 bits per heavy atom. The van der Waals surface area contributed by atoms with Gasteiger partial charge in [0.25, 0.3) is 0 Å². The molecule has 1 aliphatic carbocycles. The minimum Gasteiger partial charge on any atom is -0.349 e. The molecule has 0 spiro atoms. The van der Waals surface area contributed by atoms with Crippen molar-refractivity contribution in [2.75, 3.05) is 6.54 Å². The fourth-order valence-electron chi connectivity index (χ4n) is 3.31. The van der Waals surface area contributed by atoms with Crippen LogP contribution in [0.4, 0.5) is 0 Å². The molecule has 128 valence electrons. The molecule has 1 atom stereocenters. The zero-order valence-corrected chi connectivity index (χ0v) is 14.7. The van der Waals surface area contributed by atoms with Gasteiger partial charge in [-0.05, 0) is 51.7 Å². The monoisotopic (exact) mass is 326 g/mol. The van der Waals surface area contributed by atoms with Crippen LogP contribution in [0.15, 0.2) is 30.3 Å². The topological polar surface area (TPSA) is 72.9 Å². The largest absolute Gasteiger partial charge is 0.349 e. The van der Waals surface area contributed by atoms with Gasteiger partial charge in [-0.2, -0.15) is 5.10 Å². The van der Waals surface area contributed by atoms with Crippen molar-refractivity contribution in [3.8, 4) is 5.69 Å². The van der Waals surface area contributed by atoms with Crippen LogP contribution in [0.2, 0.25) is 0 Å². The van der Waals surface area contributed by atoms with Gasteiger partial charge in [-0.1, -0.05) is 18.2 Å². The molecule has 1 aromatic heterocycles. The van der Waals surface area contributed by atoms with E-state index in [4.69, 9.17) is 5.73 Å². The minimum atomic E-state index is -0.283. The summed E-state index contributed by atoms with van der Waals surface area (Å²) in [5, 5.41) is 7.77. The molecule has 0 aliphatic heterocycles. The lowest BCUT2D eigenvalue weighted by Crippen LogP contribution is -2.53. The quantitative estimate of drug-likeness (QED) is 0.855. The molecule has 0 radical (unpaired) electrons. The minimum absolute atomic E-state index is 0.0219. The average Bonchev–Trinajstić information content (AvgIpc) is 3.39. The summed E-state index contributed by atoms with van der Waals surface area (Å²) in [7, 11) is 0. The first-order valence-corrected chi connectivity index (χ1v) is 8.56. The van der Waals surface area contributed by atoms with Crippen LogP contribution in [0.3, 0.4) is 0 Å². The molecule has 24 heavy (non-hydrogen) atoms. The van der Waals surface area contributed by atoms with E-state index in [-0.39, 0.29) is 11.4 Å². The third-order valence-corrected chi connectivity index (χ3v) is 5.11. The first kappa shape index (κ1) is 16.7. The number of nitrogens with two attached hydrogens (primary N) is 1. The van der Waals surface area contributed by atoms with E-state index in [9.17, 15) is 4.79 Å². The Kier molecular flexibility index (Phi) is 4.45. The van der Waals surface area contributed by atoms with Crippen molar-refractivity contribution in [2.45, 2.75) is 45.6 Å². The second-order valence-corrected chi connectivity index (χ2v) is 7.02. The number of hydrogen-bond donors (Lipinski definition) is 2. The number of amides is 1. The molecule has 5 heteroatoms. The van der Waals surface area contributed by atoms with Crippen molar-refractivity contribution in [1.29, 1.82) is 0 Å². The Morgan fingerprint density at radius 3 is 2.58 bits per heavy atom. The molecule has 5 nitrogen and oxygen atoms in total. The number of aryl methyl sites for hydroxylation is 1. The first-order chi connectivity index (χ1) is 11.4. The van der Waals surface area contributed by atoms with E-state index < -0.39 is 0 Å². The number of para-hydroxylation sites is 1. The highest BCUT2D eigenvalue weighted by Gasteiger charge is 2.41. The summed E-state index contributed by atoms with van der Waals surface area (Å²) in [6.07, 6.45) is 2.64. The second-order valence-electron chi connectivity index (χ2n) is 7.02. The average molecular weight is 326 g/mol. The smallest absolute Gasteiger partial charge is 0.225 e. The zero-order chi connectivity index (χ0) is 17.3. The van der Waals surface area contributed by atoms with Gasteiger partial charge in [0.05, 0.1) is 23.3 Å². The molecule has 1 amide bonds. The third kappa shape index (κ3) is 3.22. The Morgan fingerprint density at radius 2 is 2.00 bits per heavy atom. The molecule has 3 N–H and O–H groups in total. The van der Waals surface area contributed by atoms with Gasteiger partial charge in [-0.3, -0.25) is 4.79 Å². The van der Waals surface area contributed by atoms with Crippen molar-refractivity contribution in [1.82, 2.24) is 15.1 Å². The van der Waals surface area contributed by atoms with Gasteiger partial charge in [-0.25, -0.2) is 4.68 Å². The lowest BCUT2D eigenvalue weighted by Gasteiger charge is -2.29. The van der Waals surface area contributed by atoms with Crippen molar-refractivity contribution in [2.24, 2.45) is 11.7 Å². The highest BCUT2D eigenvalue weighted by Crippen LogP contribution is 2.39. The molecule has 1 aromatic carbocycles. The van der Waals surface area contributed by atoms with E-state index in [2.05, 4.69) is 17.3 Å². The third-order valence-electron chi connectivity index (χ3n) is 5.11. The van der Waals surface area contributed by atoms with Gasteiger partial charge in [0.15, 0.2) is 0 Å². The molecular formula is C19H26N4O. The van der Waals surface area contributed by atoms with Crippen LogP contribution in [0.5, 0.6) is 0 Å². The lowest BCUT2D eigenvalue weighted by atomic mass is 9.95. The molecule has 0 bridgehead atoms. The van der Waals surface area contributed by atoms with Crippen molar-refractivity contribution >= 4 is 5.91 Å². The fourth-order valence-corrected chi connectivity index (χ4v) is 3.31. The molecule has 1 unspecified atom stereocenters. The summed E-state index contributed by atoms with van der Waals surface area (Å²) < 4.78 is 1.90. The molecular weight excluding hydrogens is 300 g/mol. The maximum Gasteiger partial charge on any atom is 0.225 e. The highest BCUT2D eigenvalue weighted by molar-refractivity contribution is 5.80. The van der Waals surface area contributed by atoms with Crippen molar-refractivity contribution in [3.05, 3.63) is 47.3 Å². The lowest BCUT2D eigenvalue weighted by molar-refractivity contribution is -0.122. The molecule has 2 aromatic rings. The van der Waals surface area contributed by atoms with Gasteiger partial charge >= 0.3 is 0 Å². The summed E-state index contributed by atoms with van der Waals surface area (Å²) in [6.45, 7) is 6.50. The van der Waals surface area contributed by atoms with E-state index in [1.165, 1.54) is 0 Å².